The van der Waals surface area contributed by atoms with Gasteiger partial charge in [-0.25, -0.2) is 12.8 Å². The number of rotatable bonds is 13. The number of carbonyl (C=O) groups excluding carboxylic acids is 1. The summed E-state index contributed by atoms with van der Waals surface area (Å²) in [7, 11) is -2.11. The van der Waals surface area contributed by atoms with Gasteiger partial charge in [0, 0.05) is 20.2 Å². The van der Waals surface area contributed by atoms with E-state index < -0.39 is 10.0 Å². The van der Waals surface area contributed by atoms with Crippen LogP contribution >= 0.6 is 0 Å². The Bertz CT molecular complexity index is 869. The summed E-state index contributed by atoms with van der Waals surface area (Å²) in [6, 6.07) is 9.30. The normalized spacial score (nSPS) is 11.7. The van der Waals surface area contributed by atoms with E-state index in [0.717, 1.165) is 12.0 Å². The molecule has 1 aromatic carbocycles. The number of benzene rings is 1. The Balaban J connectivity index is 2.19. The number of sulfonamides is 1. The number of unbranched alkanes of at least 4 members (excludes halogenated alkanes) is 1. The van der Waals surface area contributed by atoms with Gasteiger partial charge in [-0.2, -0.15) is 4.31 Å². The average molecular weight is 441 g/mol. The second kappa shape index (κ2) is 11.8. The van der Waals surface area contributed by atoms with Gasteiger partial charge in [0.1, 0.15) is 11.6 Å². The molecule has 9 heteroatoms. The lowest BCUT2D eigenvalue weighted by molar-refractivity contribution is -0.133. The quantitative estimate of drug-likeness (QED) is 0.478. The summed E-state index contributed by atoms with van der Waals surface area (Å²) in [6.45, 7) is 2.28. The summed E-state index contributed by atoms with van der Waals surface area (Å²) in [5, 5.41) is 0. The van der Waals surface area contributed by atoms with Gasteiger partial charge in [0.25, 0.3) is 0 Å². The molecule has 0 saturated carbocycles. The van der Waals surface area contributed by atoms with E-state index in [1.165, 1.54) is 34.7 Å². The maximum Gasteiger partial charge on any atom is 0.238 e. The van der Waals surface area contributed by atoms with E-state index in [9.17, 15) is 17.6 Å². The highest BCUT2D eigenvalue weighted by atomic mass is 32.2. The van der Waals surface area contributed by atoms with Gasteiger partial charge in [-0.05, 0) is 36.2 Å². The Morgan fingerprint density at radius 2 is 1.90 bits per heavy atom. The molecular weight excluding hydrogens is 411 g/mol. The number of nitrogens with zero attached hydrogens (tertiary/aromatic N) is 2. The molecule has 0 N–H and O–H groups in total. The third-order valence-electron chi connectivity index (χ3n) is 4.57. The van der Waals surface area contributed by atoms with Crippen LogP contribution in [-0.2, 0) is 32.6 Å². The number of ether oxygens (including phenoxy) is 1. The highest BCUT2D eigenvalue weighted by Crippen LogP contribution is 2.14. The van der Waals surface area contributed by atoms with Crippen molar-refractivity contribution >= 4 is 15.9 Å². The van der Waals surface area contributed by atoms with E-state index in [4.69, 9.17) is 9.15 Å². The first-order chi connectivity index (χ1) is 14.4. The summed E-state index contributed by atoms with van der Waals surface area (Å²) in [4.78, 5) is 14.6. The zero-order chi connectivity index (χ0) is 22.0. The molecule has 1 amide bonds. The van der Waals surface area contributed by atoms with Gasteiger partial charge in [0.15, 0.2) is 0 Å². The van der Waals surface area contributed by atoms with Gasteiger partial charge in [0.05, 0.1) is 31.7 Å². The number of methoxy groups -OCH3 is 1. The lowest BCUT2D eigenvalue weighted by Gasteiger charge is -2.27. The van der Waals surface area contributed by atoms with Crippen LogP contribution in [-0.4, -0.2) is 56.1 Å². The predicted octanol–water partition coefficient (Wildman–Crippen LogP) is 3.03. The van der Waals surface area contributed by atoms with Crippen LogP contribution in [0, 0.1) is 5.82 Å². The molecule has 7 nitrogen and oxygen atoms in total. The van der Waals surface area contributed by atoms with Crippen molar-refractivity contribution in [2.45, 2.75) is 32.9 Å². The van der Waals surface area contributed by atoms with Crippen LogP contribution in [0.2, 0.25) is 0 Å². The molecular formula is C21H29FN2O5S. The average Bonchev–Trinajstić information content (AvgIpc) is 3.23. The minimum absolute atomic E-state index is 0.0172. The van der Waals surface area contributed by atoms with Crippen LogP contribution in [0.4, 0.5) is 4.39 Å². The van der Waals surface area contributed by atoms with E-state index >= 15 is 0 Å². The predicted molar refractivity (Wildman–Crippen MR) is 112 cm³/mol. The summed E-state index contributed by atoms with van der Waals surface area (Å²) in [6.07, 6.45) is 2.77. The van der Waals surface area contributed by atoms with Gasteiger partial charge in [-0.15, -0.1) is 0 Å². The van der Waals surface area contributed by atoms with Crippen LogP contribution in [0.5, 0.6) is 0 Å². The summed E-state index contributed by atoms with van der Waals surface area (Å²) in [5.41, 5.74) is 0.730. The van der Waals surface area contributed by atoms with E-state index in [1.54, 1.807) is 24.3 Å². The van der Waals surface area contributed by atoms with Gasteiger partial charge in [-0.3, -0.25) is 4.79 Å². The van der Waals surface area contributed by atoms with E-state index in [-0.39, 0.29) is 50.3 Å². The summed E-state index contributed by atoms with van der Waals surface area (Å²) in [5.74, 6) is -0.179. The number of hydrogen-bond donors (Lipinski definition) is 0. The number of amides is 1. The third kappa shape index (κ3) is 7.55. The Kier molecular flexibility index (Phi) is 9.48. The molecule has 0 aliphatic rings. The molecule has 2 aromatic rings. The van der Waals surface area contributed by atoms with Crippen molar-refractivity contribution in [2.24, 2.45) is 0 Å². The highest BCUT2D eigenvalue weighted by Gasteiger charge is 2.27. The fraction of sp³-hybridized carbons (Fsp3) is 0.476. The highest BCUT2D eigenvalue weighted by molar-refractivity contribution is 7.89. The monoisotopic (exact) mass is 440 g/mol. The minimum atomic E-state index is -3.59. The van der Waals surface area contributed by atoms with Crippen LogP contribution in [0.1, 0.15) is 31.1 Å². The molecule has 0 unspecified atom stereocenters. The van der Waals surface area contributed by atoms with Gasteiger partial charge in [-0.1, -0.05) is 25.5 Å². The van der Waals surface area contributed by atoms with E-state index in [0.29, 0.717) is 12.2 Å². The molecule has 0 bridgehead atoms. The molecule has 0 atom stereocenters. The van der Waals surface area contributed by atoms with Crippen molar-refractivity contribution in [3.05, 3.63) is 59.8 Å². The molecule has 0 saturated heterocycles. The first-order valence-electron chi connectivity index (χ1n) is 9.87. The van der Waals surface area contributed by atoms with Crippen molar-refractivity contribution in [1.82, 2.24) is 9.21 Å². The Morgan fingerprint density at radius 1 is 1.17 bits per heavy atom. The molecule has 30 heavy (non-hydrogen) atoms. The number of hydrogen-bond acceptors (Lipinski definition) is 5. The molecule has 1 heterocycles. The van der Waals surface area contributed by atoms with Crippen molar-refractivity contribution in [2.75, 3.05) is 32.6 Å². The lowest BCUT2D eigenvalue weighted by Crippen LogP contribution is -2.44. The zero-order valence-corrected chi connectivity index (χ0v) is 18.2. The number of furan rings is 1. The van der Waals surface area contributed by atoms with E-state index in [2.05, 4.69) is 0 Å². The Hall–Kier alpha value is -2.23. The first-order valence-corrected chi connectivity index (χ1v) is 11.5. The van der Waals surface area contributed by atoms with Crippen molar-refractivity contribution in [1.29, 1.82) is 0 Å². The topological polar surface area (TPSA) is 80.1 Å². The second-order valence-corrected chi connectivity index (χ2v) is 9.04. The fourth-order valence-electron chi connectivity index (χ4n) is 2.85. The molecule has 0 radical (unpaired) electrons. The maximum absolute atomic E-state index is 13.2. The van der Waals surface area contributed by atoms with Gasteiger partial charge < -0.3 is 14.1 Å². The largest absolute Gasteiger partial charge is 0.467 e. The summed E-state index contributed by atoms with van der Waals surface area (Å²) < 4.78 is 50.2. The molecule has 0 aliphatic carbocycles. The molecule has 2 rings (SSSR count). The molecule has 0 aliphatic heterocycles. The minimum Gasteiger partial charge on any atom is -0.467 e. The van der Waals surface area contributed by atoms with Crippen LogP contribution in [0.3, 0.4) is 0 Å². The van der Waals surface area contributed by atoms with Crippen molar-refractivity contribution < 1.29 is 26.8 Å². The number of halogens is 1. The molecule has 0 fully saturated rings. The Morgan fingerprint density at radius 3 is 2.50 bits per heavy atom. The molecule has 1 aromatic heterocycles. The zero-order valence-electron chi connectivity index (χ0n) is 17.4. The fourth-order valence-corrected chi connectivity index (χ4v) is 4.42. The first kappa shape index (κ1) is 24.0. The van der Waals surface area contributed by atoms with Gasteiger partial charge in [0.2, 0.25) is 15.9 Å². The van der Waals surface area contributed by atoms with Crippen LogP contribution in [0.15, 0.2) is 47.1 Å². The third-order valence-corrected chi connectivity index (χ3v) is 6.47. The van der Waals surface area contributed by atoms with Gasteiger partial charge >= 0.3 is 0 Å². The van der Waals surface area contributed by atoms with Crippen molar-refractivity contribution in [3.63, 3.8) is 0 Å². The standard InChI is InChI=1S/C21H29FN2O5S/c1-3-4-14-30(26,27)24(11-13-28-2)17-21(25)23(16-20-6-5-12-29-20)15-18-7-9-19(22)10-8-18/h5-10,12H,3-4,11,13-17H2,1-2H3. The van der Waals surface area contributed by atoms with E-state index in [1.807, 2.05) is 6.92 Å². The lowest BCUT2D eigenvalue weighted by atomic mass is 10.2. The van der Waals surface area contributed by atoms with Crippen LogP contribution < -0.4 is 0 Å². The maximum atomic E-state index is 13.2. The van der Waals surface area contributed by atoms with Crippen LogP contribution in [0.25, 0.3) is 0 Å². The molecule has 0 spiro atoms. The summed E-state index contributed by atoms with van der Waals surface area (Å²) >= 11 is 0. The SMILES string of the molecule is CCCCS(=O)(=O)N(CCOC)CC(=O)N(Cc1ccc(F)cc1)Cc1ccco1. The Labute approximate surface area is 177 Å². The smallest absolute Gasteiger partial charge is 0.238 e. The van der Waals surface area contributed by atoms with Crippen molar-refractivity contribution in [3.8, 4) is 0 Å². The second-order valence-electron chi connectivity index (χ2n) is 6.95. The molecule has 166 valence electrons. The number of carbonyl (C=O) groups is 1.